The molecule has 0 saturated heterocycles. The van der Waals surface area contributed by atoms with Gasteiger partial charge >= 0.3 is 5.97 Å². The molecular formula is C16H19NO5S2. The van der Waals surface area contributed by atoms with Crippen molar-refractivity contribution in [3.05, 3.63) is 29.8 Å². The normalized spacial score (nSPS) is 10.1. The van der Waals surface area contributed by atoms with Crippen LogP contribution < -0.4 is 5.32 Å². The summed E-state index contributed by atoms with van der Waals surface area (Å²) in [6.45, 7) is 3.05. The molecule has 24 heavy (non-hydrogen) atoms. The summed E-state index contributed by atoms with van der Waals surface area (Å²) in [5, 5.41) is 2.47. The number of esters is 1. The topological polar surface area (TPSA) is 89.5 Å². The summed E-state index contributed by atoms with van der Waals surface area (Å²) < 4.78 is 5.03. The zero-order chi connectivity index (χ0) is 17.9. The standard InChI is InChI=1S/C16H19NO5S2/c1-11(18)23-9-15(20)17-14-5-3-13(4-6-14)7-8-22-16(21)10-24-12(2)19/h3-6H,7-10H2,1-2H3,(H,17,20). The van der Waals surface area contributed by atoms with Gasteiger partial charge in [-0.2, -0.15) is 0 Å². The average molecular weight is 369 g/mol. The Hall–Kier alpha value is -1.80. The molecule has 0 spiro atoms. The molecule has 0 aliphatic rings. The van der Waals surface area contributed by atoms with Gasteiger partial charge in [0.25, 0.3) is 0 Å². The Morgan fingerprint density at radius 2 is 1.54 bits per heavy atom. The van der Waals surface area contributed by atoms with Gasteiger partial charge in [0, 0.05) is 26.0 Å². The summed E-state index contributed by atoms with van der Waals surface area (Å²) in [4.78, 5) is 44.5. The first kappa shape index (κ1) is 20.2. The van der Waals surface area contributed by atoms with Crippen molar-refractivity contribution in [3.8, 4) is 0 Å². The van der Waals surface area contributed by atoms with E-state index in [4.69, 9.17) is 4.74 Å². The van der Waals surface area contributed by atoms with Crippen molar-refractivity contribution in [2.45, 2.75) is 20.3 Å². The smallest absolute Gasteiger partial charge is 0.316 e. The molecule has 0 aliphatic carbocycles. The summed E-state index contributed by atoms with van der Waals surface area (Å²) in [6, 6.07) is 7.15. The van der Waals surface area contributed by atoms with Crippen molar-refractivity contribution in [1.29, 1.82) is 0 Å². The molecule has 1 aromatic carbocycles. The van der Waals surface area contributed by atoms with Crippen LogP contribution in [0.25, 0.3) is 0 Å². The van der Waals surface area contributed by atoms with Crippen LogP contribution in [0.3, 0.4) is 0 Å². The van der Waals surface area contributed by atoms with E-state index >= 15 is 0 Å². The molecule has 1 amide bonds. The molecule has 6 nitrogen and oxygen atoms in total. The van der Waals surface area contributed by atoms with Crippen LogP contribution in [0.15, 0.2) is 24.3 Å². The van der Waals surface area contributed by atoms with Crippen LogP contribution in [0.5, 0.6) is 0 Å². The van der Waals surface area contributed by atoms with Gasteiger partial charge in [-0.05, 0) is 17.7 Å². The lowest BCUT2D eigenvalue weighted by molar-refractivity contribution is -0.140. The highest BCUT2D eigenvalue weighted by Gasteiger charge is 2.06. The minimum atomic E-state index is -0.415. The lowest BCUT2D eigenvalue weighted by atomic mass is 10.1. The highest BCUT2D eigenvalue weighted by atomic mass is 32.2. The van der Waals surface area contributed by atoms with Gasteiger partial charge in [0.1, 0.15) is 0 Å². The fraction of sp³-hybridized carbons (Fsp3) is 0.375. The van der Waals surface area contributed by atoms with Crippen LogP contribution in [0.1, 0.15) is 19.4 Å². The number of benzene rings is 1. The third-order valence-corrected chi connectivity index (χ3v) is 4.29. The summed E-state index contributed by atoms with van der Waals surface area (Å²) in [6.07, 6.45) is 0.547. The quantitative estimate of drug-likeness (QED) is 0.703. The minimum Gasteiger partial charge on any atom is -0.465 e. The van der Waals surface area contributed by atoms with Gasteiger partial charge in [-0.1, -0.05) is 35.7 Å². The van der Waals surface area contributed by atoms with Gasteiger partial charge in [0.2, 0.25) is 5.91 Å². The van der Waals surface area contributed by atoms with E-state index in [2.05, 4.69) is 5.32 Å². The summed E-state index contributed by atoms with van der Waals surface area (Å²) in [5.74, 6) is -0.536. The zero-order valence-electron chi connectivity index (χ0n) is 13.5. The van der Waals surface area contributed by atoms with Crippen molar-refractivity contribution in [1.82, 2.24) is 0 Å². The summed E-state index contributed by atoms with van der Waals surface area (Å²) in [5.41, 5.74) is 1.60. The predicted octanol–water partition coefficient (Wildman–Crippen LogP) is 2.27. The van der Waals surface area contributed by atoms with Crippen LogP contribution in [-0.2, 0) is 30.3 Å². The molecule has 0 heterocycles. The van der Waals surface area contributed by atoms with E-state index in [0.717, 1.165) is 29.1 Å². The first-order valence-electron chi connectivity index (χ1n) is 7.18. The first-order valence-corrected chi connectivity index (χ1v) is 9.15. The summed E-state index contributed by atoms with van der Waals surface area (Å²) in [7, 11) is 0. The van der Waals surface area contributed by atoms with Gasteiger partial charge in [-0.15, -0.1) is 0 Å². The molecule has 8 heteroatoms. The third-order valence-electron chi connectivity index (χ3n) is 2.69. The SMILES string of the molecule is CC(=O)SCC(=O)Nc1ccc(CCOC(=O)CSC(C)=O)cc1. The van der Waals surface area contributed by atoms with E-state index < -0.39 is 5.97 Å². The number of rotatable bonds is 8. The van der Waals surface area contributed by atoms with Crippen molar-refractivity contribution < 1.29 is 23.9 Å². The molecule has 0 aliphatic heterocycles. The van der Waals surface area contributed by atoms with E-state index in [1.54, 1.807) is 12.1 Å². The molecular weight excluding hydrogens is 350 g/mol. The van der Waals surface area contributed by atoms with Gasteiger partial charge in [0.15, 0.2) is 10.2 Å². The van der Waals surface area contributed by atoms with Crippen molar-refractivity contribution in [2.24, 2.45) is 0 Å². The highest BCUT2D eigenvalue weighted by Crippen LogP contribution is 2.11. The fourth-order valence-corrected chi connectivity index (χ4v) is 2.41. The van der Waals surface area contributed by atoms with Crippen LogP contribution >= 0.6 is 23.5 Å². The molecule has 0 aromatic heterocycles. The Morgan fingerprint density at radius 1 is 0.958 bits per heavy atom. The van der Waals surface area contributed by atoms with Crippen molar-refractivity contribution in [3.63, 3.8) is 0 Å². The molecule has 130 valence electrons. The molecule has 0 radical (unpaired) electrons. The largest absolute Gasteiger partial charge is 0.465 e. The van der Waals surface area contributed by atoms with Crippen LogP contribution in [0, 0.1) is 0 Å². The molecule has 0 unspecified atom stereocenters. The minimum absolute atomic E-state index is 0.0264. The molecule has 1 N–H and O–H groups in total. The van der Waals surface area contributed by atoms with Gasteiger partial charge in [-0.3, -0.25) is 19.2 Å². The predicted molar refractivity (Wildman–Crippen MR) is 96.0 cm³/mol. The van der Waals surface area contributed by atoms with E-state index in [0.29, 0.717) is 12.1 Å². The lowest BCUT2D eigenvalue weighted by Crippen LogP contribution is -2.15. The van der Waals surface area contributed by atoms with Crippen molar-refractivity contribution in [2.75, 3.05) is 23.4 Å². The van der Waals surface area contributed by atoms with E-state index in [-0.39, 0.29) is 34.3 Å². The zero-order valence-corrected chi connectivity index (χ0v) is 15.1. The van der Waals surface area contributed by atoms with E-state index in [1.807, 2.05) is 12.1 Å². The average Bonchev–Trinajstić information content (AvgIpc) is 2.52. The van der Waals surface area contributed by atoms with Crippen LogP contribution in [0.4, 0.5) is 5.69 Å². The van der Waals surface area contributed by atoms with E-state index in [9.17, 15) is 19.2 Å². The maximum atomic E-state index is 11.6. The number of hydrogen-bond donors (Lipinski definition) is 1. The number of amides is 1. The Balaban J connectivity index is 2.31. The van der Waals surface area contributed by atoms with E-state index in [1.165, 1.54) is 13.8 Å². The summed E-state index contributed by atoms with van der Waals surface area (Å²) >= 11 is 1.88. The molecule has 0 fully saturated rings. The highest BCUT2D eigenvalue weighted by molar-refractivity contribution is 8.14. The molecule has 1 aromatic rings. The number of anilines is 1. The molecule has 0 atom stereocenters. The second kappa shape index (κ2) is 10.9. The Labute approximate surface area is 149 Å². The Bertz CT molecular complexity index is 601. The lowest BCUT2D eigenvalue weighted by Gasteiger charge is -2.07. The second-order valence-corrected chi connectivity index (χ2v) is 7.08. The number of nitrogens with one attached hydrogen (secondary N) is 1. The molecule has 0 bridgehead atoms. The monoisotopic (exact) mass is 369 g/mol. The fourth-order valence-electron chi connectivity index (χ4n) is 1.60. The van der Waals surface area contributed by atoms with Crippen molar-refractivity contribution >= 4 is 51.3 Å². The van der Waals surface area contributed by atoms with Gasteiger partial charge in [0.05, 0.1) is 18.1 Å². The second-order valence-electron chi connectivity index (χ2n) is 4.78. The Kier molecular flexibility index (Phi) is 9.18. The van der Waals surface area contributed by atoms with Gasteiger partial charge in [-0.25, -0.2) is 0 Å². The molecule has 1 rings (SSSR count). The number of ether oxygens (including phenoxy) is 1. The maximum absolute atomic E-state index is 11.6. The molecule has 0 saturated carbocycles. The van der Waals surface area contributed by atoms with Gasteiger partial charge < -0.3 is 10.1 Å². The number of carbonyl (C=O) groups is 4. The van der Waals surface area contributed by atoms with Crippen LogP contribution in [-0.4, -0.2) is 40.2 Å². The third kappa shape index (κ3) is 9.36. The number of hydrogen-bond acceptors (Lipinski definition) is 7. The number of carbonyl (C=O) groups excluding carboxylic acids is 4. The maximum Gasteiger partial charge on any atom is 0.316 e. The van der Waals surface area contributed by atoms with Crippen LogP contribution in [0.2, 0.25) is 0 Å². The first-order chi connectivity index (χ1) is 11.4. The number of thioether (sulfide) groups is 2. The Morgan fingerprint density at radius 3 is 2.12 bits per heavy atom.